The number of ether oxygens (including phenoxy) is 1. The Kier molecular flexibility index (Phi) is 10.7. The van der Waals surface area contributed by atoms with E-state index in [-0.39, 0.29) is 24.0 Å². The van der Waals surface area contributed by atoms with E-state index in [1.165, 1.54) is 32.1 Å². The Hall–Kier alpha value is -0.870. The first kappa shape index (κ1) is 24.4. The highest BCUT2D eigenvalue weighted by molar-refractivity contribution is 14.0. The summed E-state index contributed by atoms with van der Waals surface area (Å²) in [6.07, 6.45) is 7.49. The van der Waals surface area contributed by atoms with E-state index in [4.69, 9.17) is 14.3 Å². The lowest BCUT2D eigenvalue weighted by Gasteiger charge is -2.42. The smallest absolute Gasteiger partial charge is 0.191 e. The van der Waals surface area contributed by atoms with E-state index in [0.717, 1.165) is 69.8 Å². The number of hydrogen-bond donors (Lipinski definition) is 2. The van der Waals surface area contributed by atoms with E-state index in [0.29, 0.717) is 12.0 Å². The van der Waals surface area contributed by atoms with Gasteiger partial charge in [0.15, 0.2) is 11.7 Å². The van der Waals surface area contributed by atoms with Crippen LogP contribution in [0.3, 0.4) is 0 Å². The van der Waals surface area contributed by atoms with Crippen molar-refractivity contribution in [1.29, 1.82) is 0 Å². The molecule has 2 fully saturated rings. The molecule has 0 radical (unpaired) electrons. The molecule has 3 rings (SSSR count). The minimum atomic E-state index is 0. The molecule has 0 aromatic carbocycles. The third-order valence-electron chi connectivity index (χ3n) is 5.91. The van der Waals surface area contributed by atoms with Crippen molar-refractivity contribution in [3.63, 3.8) is 0 Å². The van der Waals surface area contributed by atoms with Crippen molar-refractivity contribution in [2.75, 3.05) is 45.9 Å². The molecule has 1 aromatic rings. The Morgan fingerprint density at radius 1 is 1.17 bits per heavy atom. The van der Waals surface area contributed by atoms with Crippen LogP contribution in [0.1, 0.15) is 57.4 Å². The Morgan fingerprint density at radius 2 is 1.93 bits per heavy atom. The highest BCUT2D eigenvalue weighted by atomic mass is 127. The second kappa shape index (κ2) is 12.7. The topological polar surface area (TPSA) is 74.9 Å². The van der Waals surface area contributed by atoms with E-state index in [1.54, 1.807) is 0 Å². The number of aryl methyl sites for hydroxylation is 1. The van der Waals surface area contributed by atoms with Crippen molar-refractivity contribution in [1.82, 2.24) is 20.7 Å². The zero-order valence-electron chi connectivity index (χ0n) is 18.0. The highest BCUT2D eigenvalue weighted by Crippen LogP contribution is 2.36. The molecule has 1 saturated heterocycles. The van der Waals surface area contributed by atoms with Crippen LogP contribution in [0.5, 0.6) is 0 Å². The molecule has 0 amide bonds. The van der Waals surface area contributed by atoms with Gasteiger partial charge >= 0.3 is 0 Å². The summed E-state index contributed by atoms with van der Waals surface area (Å²) >= 11 is 0. The van der Waals surface area contributed by atoms with Crippen LogP contribution in [0.2, 0.25) is 0 Å². The first-order valence-electron chi connectivity index (χ1n) is 11.0. The lowest BCUT2D eigenvalue weighted by Crippen LogP contribution is -2.51. The standard InChI is InChI=1S/C21H37N5O2.HI/c1-3-18-14-19(28-25-18)15-23-20(22-4-2)24-16-21(8-6-5-7-9-21)17-26-10-12-27-13-11-26;/h14H,3-13,15-17H2,1-2H3,(H2,22,23,24);1H. The fourth-order valence-electron chi connectivity index (χ4n) is 4.29. The first-order chi connectivity index (χ1) is 13.7. The number of aliphatic imine (C=N–C) groups is 1. The molecular weight excluding hydrogens is 481 g/mol. The van der Waals surface area contributed by atoms with Crippen LogP contribution in [0, 0.1) is 5.41 Å². The summed E-state index contributed by atoms with van der Waals surface area (Å²) < 4.78 is 10.9. The molecule has 2 N–H and O–H groups in total. The van der Waals surface area contributed by atoms with Gasteiger partial charge in [0.05, 0.1) is 18.9 Å². The zero-order chi connectivity index (χ0) is 19.7. The third kappa shape index (κ3) is 7.71. The van der Waals surface area contributed by atoms with Crippen LogP contribution in [0.15, 0.2) is 15.6 Å². The monoisotopic (exact) mass is 519 g/mol. The van der Waals surface area contributed by atoms with Gasteiger partial charge in [-0.1, -0.05) is 31.3 Å². The van der Waals surface area contributed by atoms with Crippen LogP contribution in [0.25, 0.3) is 0 Å². The Labute approximate surface area is 192 Å². The predicted octanol–water partition coefficient (Wildman–Crippen LogP) is 3.19. The Morgan fingerprint density at radius 3 is 2.59 bits per heavy atom. The lowest BCUT2D eigenvalue weighted by molar-refractivity contribution is 0.00820. The zero-order valence-corrected chi connectivity index (χ0v) is 20.4. The largest absolute Gasteiger partial charge is 0.379 e. The summed E-state index contributed by atoms with van der Waals surface area (Å²) in [5.74, 6) is 1.68. The quantitative estimate of drug-likeness (QED) is 0.312. The minimum Gasteiger partial charge on any atom is -0.379 e. The van der Waals surface area contributed by atoms with Crippen LogP contribution >= 0.6 is 24.0 Å². The van der Waals surface area contributed by atoms with Crippen molar-refractivity contribution in [3.05, 3.63) is 17.5 Å². The number of nitrogens with one attached hydrogen (secondary N) is 2. The van der Waals surface area contributed by atoms with E-state index in [1.807, 2.05) is 6.07 Å². The SMILES string of the molecule is CCNC(=NCc1cc(CC)no1)NCC1(CN2CCOCC2)CCCCC1.I. The molecule has 8 heteroatoms. The van der Waals surface area contributed by atoms with Gasteiger partial charge in [0.25, 0.3) is 0 Å². The molecule has 29 heavy (non-hydrogen) atoms. The van der Waals surface area contributed by atoms with Crippen molar-refractivity contribution < 1.29 is 9.26 Å². The summed E-state index contributed by atoms with van der Waals surface area (Å²) in [7, 11) is 0. The number of rotatable bonds is 8. The van der Waals surface area contributed by atoms with Crippen LogP contribution in [-0.2, 0) is 17.7 Å². The average Bonchev–Trinajstić information content (AvgIpc) is 3.20. The first-order valence-corrected chi connectivity index (χ1v) is 11.0. The van der Waals surface area contributed by atoms with Crippen LogP contribution < -0.4 is 10.6 Å². The van der Waals surface area contributed by atoms with Crippen LogP contribution in [-0.4, -0.2) is 62.0 Å². The van der Waals surface area contributed by atoms with Crippen molar-refractivity contribution in [2.24, 2.45) is 10.4 Å². The molecule has 1 aromatic heterocycles. The molecule has 0 bridgehead atoms. The van der Waals surface area contributed by atoms with Gasteiger partial charge in [-0.15, -0.1) is 24.0 Å². The molecular formula is C21H38IN5O2. The Balaban J connectivity index is 0.00000300. The predicted molar refractivity (Wildman–Crippen MR) is 127 cm³/mol. The summed E-state index contributed by atoms with van der Waals surface area (Å²) in [4.78, 5) is 7.31. The molecule has 1 saturated carbocycles. The third-order valence-corrected chi connectivity index (χ3v) is 5.91. The molecule has 1 aliphatic carbocycles. The van der Waals surface area contributed by atoms with Gasteiger partial charge in [-0.05, 0) is 26.2 Å². The number of hydrogen-bond acceptors (Lipinski definition) is 5. The number of halogens is 1. The molecule has 0 unspecified atom stereocenters. The van der Waals surface area contributed by atoms with Gasteiger partial charge in [0.2, 0.25) is 0 Å². The summed E-state index contributed by atoms with van der Waals surface area (Å²) in [6.45, 7) is 11.5. The fraction of sp³-hybridized carbons (Fsp3) is 0.810. The normalized spacial score (nSPS) is 20.1. The number of guanidine groups is 1. The molecule has 1 aliphatic heterocycles. The lowest BCUT2D eigenvalue weighted by atomic mass is 9.73. The maximum atomic E-state index is 5.54. The van der Waals surface area contributed by atoms with Gasteiger partial charge in [-0.25, -0.2) is 4.99 Å². The average molecular weight is 519 g/mol. The summed E-state index contributed by atoms with van der Waals surface area (Å²) in [5.41, 5.74) is 1.31. The highest BCUT2D eigenvalue weighted by Gasteiger charge is 2.34. The molecule has 0 spiro atoms. The molecule has 2 heterocycles. The van der Waals surface area contributed by atoms with E-state index < -0.39 is 0 Å². The van der Waals surface area contributed by atoms with Crippen molar-refractivity contribution in [3.8, 4) is 0 Å². The van der Waals surface area contributed by atoms with Gasteiger partial charge in [0.1, 0.15) is 6.54 Å². The molecule has 0 atom stereocenters. The number of morpholine rings is 1. The van der Waals surface area contributed by atoms with Crippen LogP contribution in [0.4, 0.5) is 0 Å². The number of nitrogens with zero attached hydrogens (tertiary/aromatic N) is 3. The van der Waals surface area contributed by atoms with Gasteiger partial charge in [0, 0.05) is 44.2 Å². The maximum absolute atomic E-state index is 5.54. The summed E-state index contributed by atoms with van der Waals surface area (Å²) in [6, 6.07) is 1.99. The summed E-state index contributed by atoms with van der Waals surface area (Å²) in [5, 5.41) is 11.1. The fourth-order valence-corrected chi connectivity index (χ4v) is 4.29. The van der Waals surface area contributed by atoms with Gasteiger partial charge < -0.3 is 19.9 Å². The second-order valence-corrected chi connectivity index (χ2v) is 8.14. The minimum absolute atomic E-state index is 0. The molecule has 166 valence electrons. The second-order valence-electron chi connectivity index (χ2n) is 8.14. The van der Waals surface area contributed by atoms with Gasteiger partial charge in [-0.3, -0.25) is 4.90 Å². The number of aromatic nitrogens is 1. The molecule has 7 nitrogen and oxygen atoms in total. The van der Waals surface area contributed by atoms with E-state index in [9.17, 15) is 0 Å². The van der Waals surface area contributed by atoms with E-state index >= 15 is 0 Å². The van der Waals surface area contributed by atoms with Gasteiger partial charge in [-0.2, -0.15) is 0 Å². The molecule has 2 aliphatic rings. The van der Waals surface area contributed by atoms with E-state index in [2.05, 4.69) is 34.5 Å². The van der Waals surface area contributed by atoms with Crippen molar-refractivity contribution in [2.45, 2.75) is 58.9 Å². The Bertz CT molecular complexity index is 610. The van der Waals surface area contributed by atoms with Crippen molar-refractivity contribution >= 4 is 29.9 Å². The maximum Gasteiger partial charge on any atom is 0.191 e.